The van der Waals surface area contributed by atoms with Crippen molar-refractivity contribution >= 4 is 26.8 Å². The average Bonchev–Trinajstić information content (AvgIpc) is 2.04. The molecule has 2 rings (SSSR count). The van der Waals surface area contributed by atoms with Crippen LogP contribution in [0.4, 0.5) is 4.39 Å². The smallest absolute Gasteiger partial charge is 0.135 e. The first-order chi connectivity index (χ1) is 5.77. The Bertz CT molecular complexity index is 430. The first-order valence-electron chi connectivity index (χ1n) is 3.32. The predicted octanol–water partition coefficient (Wildman–Crippen LogP) is 2.53. The van der Waals surface area contributed by atoms with Crippen LogP contribution in [0, 0.1) is 5.82 Å². The minimum Gasteiger partial charge on any atom is -0.244 e. The van der Waals surface area contributed by atoms with Crippen molar-refractivity contribution in [2.75, 3.05) is 0 Å². The zero-order valence-corrected chi connectivity index (χ0v) is 7.55. The Morgan fingerprint density at radius 3 is 3.00 bits per heavy atom. The van der Waals surface area contributed by atoms with E-state index in [1.54, 1.807) is 6.07 Å². The molecular formula is C8H4BrFN2. The molecule has 0 aliphatic rings. The van der Waals surface area contributed by atoms with Gasteiger partial charge in [-0.05, 0) is 12.1 Å². The van der Waals surface area contributed by atoms with Crippen LogP contribution in [0.2, 0.25) is 0 Å². The van der Waals surface area contributed by atoms with Crippen molar-refractivity contribution in [3.8, 4) is 0 Å². The highest BCUT2D eigenvalue weighted by molar-refractivity contribution is 9.10. The zero-order valence-electron chi connectivity index (χ0n) is 5.96. The van der Waals surface area contributed by atoms with Gasteiger partial charge in [-0.2, -0.15) is 0 Å². The van der Waals surface area contributed by atoms with Crippen molar-refractivity contribution in [3.05, 3.63) is 34.9 Å². The normalized spacial score (nSPS) is 10.5. The van der Waals surface area contributed by atoms with Gasteiger partial charge < -0.3 is 0 Å². The van der Waals surface area contributed by atoms with E-state index in [-0.39, 0.29) is 5.82 Å². The molecule has 0 fully saturated rings. The maximum Gasteiger partial charge on any atom is 0.135 e. The molecular weight excluding hydrogens is 223 g/mol. The third-order valence-corrected chi connectivity index (χ3v) is 2.00. The molecule has 0 N–H and O–H groups in total. The van der Waals surface area contributed by atoms with Gasteiger partial charge in [-0.15, -0.1) is 0 Å². The van der Waals surface area contributed by atoms with Crippen molar-refractivity contribution in [1.29, 1.82) is 0 Å². The first kappa shape index (κ1) is 7.61. The van der Waals surface area contributed by atoms with Crippen LogP contribution < -0.4 is 0 Å². The fourth-order valence-electron chi connectivity index (χ4n) is 1.01. The van der Waals surface area contributed by atoms with E-state index in [0.29, 0.717) is 15.4 Å². The molecule has 0 aliphatic heterocycles. The number of hydrogen-bond acceptors (Lipinski definition) is 2. The molecule has 0 unspecified atom stereocenters. The van der Waals surface area contributed by atoms with Gasteiger partial charge in [-0.25, -0.2) is 14.4 Å². The number of fused-ring (bicyclic) bond motifs is 1. The van der Waals surface area contributed by atoms with Gasteiger partial charge in [0.05, 0.1) is 10.9 Å². The summed E-state index contributed by atoms with van der Waals surface area (Å²) in [6.45, 7) is 0. The molecule has 12 heavy (non-hydrogen) atoms. The monoisotopic (exact) mass is 226 g/mol. The summed E-state index contributed by atoms with van der Waals surface area (Å²) in [6.07, 6.45) is 2.86. The fraction of sp³-hybridized carbons (Fsp3) is 0. The third-order valence-electron chi connectivity index (χ3n) is 1.54. The number of aromatic nitrogens is 2. The van der Waals surface area contributed by atoms with Crippen LogP contribution in [0.15, 0.2) is 29.1 Å². The molecule has 4 heteroatoms. The van der Waals surface area contributed by atoms with E-state index < -0.39 is 0 Å². The Kier molecular flexibility index (Phi) is 1.77. The number of rotatable bonds is 0. The predicted molar refractivity (Wildman–Crippen MR) is 47.2 cm³/mol. The second-order valence-electron chi connectivity index (χ2n) is 2.34. The molecule has 60 valence electrons. The topological polar surface area (TPSA) is 25.8 Å². The average molecular weight is 227 g/mol. The summed E-state index contributed by atoms with van der Waals surface area (Å²) < 4.78 is 13.8. The Morgan fingerprint density at radius 1 is 1.33 bits per heavy atom. The van der Waals surface area contributed by atoms with Crippen molar-refractivity contribution in [2.24, 2.45) is 0 Å². The van der Waals surface area contributed by atoms with Crippen LogP contribution in [-0.2, 0) is 0 Å². The van der Waals surface area contributed by atoms with E-state index in [2.05, 4.69) is 25.9 Å². The largest absolute Gasteiger partial charge is 0.244 e. The van der Waals surface area contributed by atoms with Gasteiger partial charge in [0.1, 0.15) is 12.1 Å². The number of halogens is 2. The molecule has 0 radical (unpaired) electrons. The van der Waals surface area contributed by atoms with Gasteiger partial charge in [0.15, 0.2) is 0 Å². The van der Waals surface area contributed by atoms with Crippen LogP contribution in [-0.4, -0.2) is 9.97 Å². The van der Waals surface area contributed by atoms with Gasteiger partial charge in [-0.1, -0.05) is 15.9 Å². The van der Waals surface area contributed by atoms with E-state index in [4.69, 9.17) is 0 Å². The van der Waals surface area contributed by atoms with Crippen LogP contribution in [0.3, 0.4) is 0 Å². The number of nitrogens with zero attached hydrogens (tertiary/aromatic N) is 2. The lowest BCUT2D eigenvalue weighted by Gasteiger charge is -1.97. The summed E-state index contributed by atoms with van der Waals surface area (Å²) in [5, 5.41) is 0.445. The third kappa shape index (κ3) is 1.18. The highest BCUT2D eigenvalue weighted by Crippen LogP contribution is 2.20. The van der Waals surface area contributed by atoms with Crippen LogP contribution in [0.1, 0.15) is 0 Å². The molecule has 2 aromatic rings. The van der Waals surface area contributed by atoms with E-state index in [1.165, 1.54) is 18.6 Å². The van der Waals surface area contributed by atoms with E-state index in [1.807, 2.05) is 0 Å². The fourth-order valence-corrected chi connectivity index (χ4v) is 1.43. The van der Waals surface area contributed by atoms with Gasteiger partial charge in [0.25, 0.3) is 0 Å². The molecule has 1 aromatic carbocycles. The van der Waals surface area contributed by atoms with Crippen LogP contribution in [0.5, 0.6) is 0 Å². The minimum absolute atomic E-state index is 0.306. The first-order valence-corrected chi connectivity index (χ1v) is 4.11. The van der Waals surface area contributed by atoms with Gasteiger partial charge in [-0.3, -0.25) is 0 Å². The minimum atomic E-state index is -0.306. The molecule has 1 aromatic heterocycles. The standard InChI is InChI=1S/C8H4BrFN2/c9-5-1-7(10)6-3-11-4-12-8(6)2-5/h1-4H. The van der Waals surface area contributed by atoms with Gasteiger partial charge in [0.2, 0.25) is 0 Å². The molecule has 0 saturated heterocycles. The second kappa shape index (κ2) is 2.79. The second-order valence-corrected chi connectivity index (χ2v) is 3.26. The molecule has 1 heterocycles. The Morgan fingerprint density at radius 2 is 2.17 bits per heavy atom. The van der Waals surface area contributed by atoms with Gasteiger partial charge in [0, 0.05) is 10.7 Å². The van der Waals surface area contributed by atoms with Crippen molar-refractivity contribution < 1.29 is 4.39 Å². The van der Waals surface area contributed by atoms with E-state index in [0.717, 1.165) is 0 Å². The molecule has 0 spiro atoms. The lowest BCUT2D eigenvalue weighted by atomic mass is 10.2. The number of hydrogen-bond donors (Lipinski definition) is 0. The zero-order chi connectivity index (χ0) is 8.55. The summed E-state index contributed by atoms with van der Waals surface area (Å²) in [5.41, 5.74) is 0.608. The van der Waals surface area contributed by atoms with Crippen LogP contribution >= 0.6 is 15.9 Å². The molecule has 0 saturated carbocycles. The maximum absolute atomic E-state index is 13.1. The van der Waals surface area contributed by atoms with Crippen molar-refractivity contribution in [1.82, 2.24) is 9.97 Å². The lowest BCUT2D eigenvalue weighted by Crippen LogP contribution is -1.84. The molecule has 0 bridgehead atoms. The summed E-state index contributed by atoms with van der Waals surface area (Å²) >= 11 is 3.18. The van der Waals surface area contributed by atoms with E-state index >= 15 is 0 Å². The SMILES string of the molecule is Fc1cc(Br)cc2ncncc12. The highest BCUT2D eigenvalue weighted by Gasteiger charge is 2.02. The molecule has 0 amide bonds. The summed E-state index contributed by atoms with van der Waals surface area (Å²) in [6, 6.07) is 3.14. The van der Waals surface area contributed by atoms with Crippen LogP contribution in [0.25, 0.3) is 10.9 Å². The summed E-state index contributed by atoms with van der Waals surface area (Å²) in [5.74, 6) is -0.306. The Labute approximate surface area is 76.6 Å². The maximum atomic E-state index is 13.1. The highest BCUT2D eigenvalue weighted by atomic mass is 79.9. The van der Waals surface area contributed by atoms with Gasteiger partial charge >= 0.3 is 0 Å². The van der Waals surface area contributed by atoms with Crippen molar-refractivity contribution in [2.45, 2.75) is 0 Å². The Hall–Kier alpha value is -1.03. The lowest BCUT2D eigenvalue weighted by molar-refractivity contribution is 0.638. The summed E-state index contributed by atoms with van der Waals surface area (Å²) in [7, 11) is 0. The van der Waals surface area contributed by atoms with Crippen molar-refractivity contribution in [3.63, 3.8) is 0 Å². The Balaban J connectivity index is 2.89. The molecule has 2 nitrogen and oxygen atoms in total. The van der Waals surface area contributed by atoms with E-state index in [9.17, 15) is 4.39 Å². The summed E-state index contributed by atoms with van der Waals surface area (Å²) in [4.78, 5) is 7.66. The molecule has 0 atom stereocenters. The molecule has 0 aliphatic carbocycles. The quantitative estimate of drug-likeness (QED) is 0.691. The number of benzene rings is 1.